The van der Waals surface area contributed by atoms with Gasteiger partial charge in [-0.05, 0) is 32.0 Å². The van der Waals surface area contributed by atoms with Gasteiger partial charge in [0.25, 0.3) is 0 Å². The SMILES string of the molecule is CCOC(=O)c1cc(N2CCNC[C@@H]2C)ccc1F. The van der Waals surface area contributed by atoms with Gasteiger partial charge in [0, 0.05) is 31.4 Å². The van der Waals surface area contributed by atoms with Crippen molar-refractivity contribution >= 4 is 11.7 Å². The second kappa shape index (κ2) is 6.02. The number of carbonyl (C=O) groups excluding carboxylic acids is 1. The van der Waals surface area contributed by atoms with E-state index < -0.39 is 11.8 Å². The molecule has 1 atom stereocenters. The fourth-order valence-corrected chi connectivity index (χ4v) is 2.28. The van der Waals surface area contributed by atoms with Crippen LogP contribution < -0.4 is 10.2 Å². The molecule has 19 heavy (non-hydrogen) atoms. The van der Waals surface area contributed by atoms with Crippen molar-refractivity contribution in [3.05, 3.63) is 29.6 Å². The molecule has 1 N–H and O–H groups in total. The Balaban J connectivity index is 2.27. The maximum Gasteiger partial charge on any atom is 0.341 e. The van der Waals surface area contributed by atoms with E-state index >= 15 is 0 Å². The molecule has 0 bridgehead atoms. The number of anilines is 1. The van der Waals surface area contributed by atoms with Crippen LogP contribution in [0.1, 0.15) is 24.2 Å². The predicted octanol–water partition coefficient (Wildman–Crippen LogP) is 1.80. The highest BCUT2D eigenvalue weighted by Crippen LogP contribution is 2.22. The lowest BCUT2D eigenvalue weighted by atomic mass is 10.1. The number of benzene rings is 1. The van der Waals surface area contributed by atoms with Crippen LogP contribution in [0, 0.1) is 5.82 Å². The van der Waals surface area contributed by atoms with E-state index in [2.05, 4.69) is 17.1 Å². The van der Waals surface area contributed by atoms with E-state index in [4.69, 9.17) is 4.74 Å². The van der Waals surface area contributed by atoms with E-state index in [1.807, 2.05) is 0 Å². The summed E-state index contributed by atoms with van der Waals surface area (Å²) in [7, 11) is 0. The second-order valence-corrected chi connectivity index (χ2v) is 4.63. The van der Waals surface area contributed by atoms with Crippen molar-refractivity contribution in [3.63, 3.8) is 0 Å². The molecular formula is C14H19FN2O2. The summed E-state index contributed by atoms with van der Waals surface area (Å²) in [4.78, 5) is 13.9. The van der Waals surface area contributed by atoms with Gasteiger partial charge < -0.3 is 15.0 Å². The highest BCUT2D eigenvalue weighted by atomic mass is 19.1. The van der Waals surface area contributed by atoms with Crippen LogP contribution >= 0.6 is 0 Å². The molecule has 2 rings (SSSR count). The maximum atomic E-state index is 13.7. The van der Waals surface area contributed by atoms with Crippen molar-refractivity contribution < 1.29 is 13.9 Å². The zero-order chi connectivity index (χ0) is 13.8. The average molecular weight is 266 g/mol. The molecule has 1 heterocycles. The first-order valence-corrected chi connectivity index (χ1v) is 6.57. The summed E-state index contributed by atoms with van der Waals surface area (Å²) in [5.41, 5.74) is 0.864. The maximum absolute atomic E-state index is 13.7. The van der Waals surface area contributed by atoms with Crippen molar-refractivity contribution in [3.8, 4) is 0 Å². The minimum atomic E-state index is -0.607. The van der Waals surface area contributed by atoms with Crippen LogP contribution in [-0.2, 0) is 4.74 Å². The van der Waals surface area contributed by atoms with Crippen LogP contribution in [0.4, 0.5) is 10.1 Å². The highest BCUT2D eigenvalue weighted by Gasteiger charge is 2.21. The van der Waals surface area contributed by atoms with E-state index in [-0.39, 0.29) is 12.2 Å². The molecule has 1 aromatic carbocycles. The molecule has 1 aliphatic rings. The number of hydrogen-bond donors (Lipinski definition) is 1. The van der Waals surface area contributed by atoms with E-state index in [1.54, 1.807) is 19.1 Å². The molecule has 0 spiro atoms. The minimum absolute atomic E-state index is 0.00471. The molecule has 5 heteroatoms. The lowest BCUT2D eigenvalue weighted by molar-refractivity contribution is 0.0521. The Hall–Kier alpha value is -1.62. The van der Waals surface area contributed by atoms with Gasteiger partial charge in [0.05, 0.1) is 12.2 Å². The first kappa shape index (κ1) is 13.8. The third-order valence-corrected chi connectivity index (χ3v) is 3.28. The van der Waals surface area contributed by atoms with Crippen LogP contribution in [0.3, 0.4) is 0 Å². The summed E-state index contributed by atoms with van der Waals surface area (Å²) in [5.74, 6) is -1.14. The molecule has 1 fully saturated rings. The summed E-state index contributed by atoms with van der Waals surface area (Å²) in [5, 5.41) is 3.30. The van der Waals surface area contributed by atoms with Gasteiger partial charge in [-0.25, -0.2) is 9.18 Å². The summed E-state index contributed by atoms with van der Waals surface area (Å²) in [6.07, 6.45) is 0. The Morgan fingerprint density at radius 2 is 2.37 bits per heavy atom. The number of nitrogens with zero attached hydrogens (tertiary/aromatic N) is 1. The third-order valence-electron chi connectivity index (χ3n) is 3.28. The number of halogens is 1. The van der Waals surface area contributed by atoms with Gasteiger partial charge in [-0.3, -0.25) is 0 Å². The van der Waals surface area contributed by atoms with Crippen LogP contribution in [0.2, 0.25) is 0 Å². The molecule has 1 saturated heterocycles. The smallest absolute Gasteiger partial charge is 0.341 e. The van der Waals surface area contributed by atoms with Gasteiger partial charge in [0.2, 0.25) is 0 Å². The van der Waals surface area contributed by atoms with Gasteiger partial charge in [-0.2, -0.15) is 0 Å². The molecule has 0 aliphatic carbocycles. The summed E-state index contributed by atoms with van der Waals surface area (Å²) >= 11 is 0. The van der Waals surface area contributed by atoms with Crippen molar-refractivity contribution in [2.24, 2.45) is 0 Å². The van der Waals surface area contributed by atoms with Crippen LogP contribution in [0.5, 0.6) is 0 Å². The first-order valence-electron chi connectivity index (χ1n) is 6.57. The lowest BCUT2D eigenvalue weighted by Gasteiger charge is -2.36. The van der Waals surface area contributed by atoms with E-state index in [9.17, 15) is 9.18 Å². The predicted molar refractivity (Wildman–Crippen MR) is 72.0 cm³/mol. The largest absolute Gasteiger partial charge is 0.462 e. The van der Waals surface area contributed by atoms with Crippen molar-refractivity contribution in [2.75, 3.05) is 31.1 Å². The fourth-order valence-electron chi connectivity index (χ4n) is 2.28. The molecule has 104 valence electrons. The Kier molecular flexibility index (Phi) is 4.37. The van der Waals surface area contributed by atoms with Crippen LogP contribution in [0.25, 0.3) is 0 Å². The van der Waals surface area contributed by atoms with Crippen molar-refractivity contribution in [1.29, 1.82) is 0 Å². The molecule has 1 aromatic rings. The van der Waals surface area contributed by atoms with Crippen LogP contribution in [-0.4, -0.2) is 38.3 Å². The van der Waals surface area contributed by atoms with E-state index in [0.717, 1.165) is 25.3 Å². The van der Waals surface area contributed by atoms with E-state index in [1.165, 1.54) is 6.07 Å². The monoisotopic (exact) mass is 266 g/mol. The number of carbonyl (C=O) groups is 1. The minimum Gasteiger partial charge on any atom is -0.462 e. The fraction of sp³-hybridized carbons (Fsp3) is 0.500. The van der Waals surface area contributed by atoms with Gasteiger partial charge >= 0.3 is 5.97 Å². The molecule has 1 aliphatic heterocycles. The number of hydrogen-bond acceptors (Lipinski definition) is 4. The molecule has 0 amide bonds. The van der Waals surface area contributed by atoms with E-state index in [0.29, 0.717) is 6.04 Å². The topological polar surface area (TPSA) is 41.6 Å². The first-order chi connectivity index (χ1) is 9.13. The number of rotatable bonds is 3. The Bertz CT molecular complexity index is 465. The highest BCUT2D eigenvalue weighted by molar-refractivity contribution is 5.91. The molecule has 0 radical (unpaired) electrons. The molecule has 4 nitrogen and oxygen atoms in total. The Labute approximate surface area is 112 Å². The van der Waals surface area contributed by atoms with Crippen LogP contribution in [0.15, 0.2) is 18.2 Å². The summed E-state index contributed by atoms with van der Waals surface area (Å²) in [6, 6.07) is 4.93. The Morgan fingerprint density at radius 3 is 3.05 bits per heavy atom. The molecule has 0 unspecified atom stereocenters. The molecular weight excluding hydrogens is 247 g/mol. The summed E-state index contributed by atoms with van der Waals surface area (Å²) in [6.45, 7) is 6.65. The van der Waals surface area contributed by atoms with Gasteiger partial charge in [0.1, 0.15) is 5.82 Å². The van der Waals surface area contributed by atoms with Crippen molar-refractivity contribution in [2.45, 2.75) is 19.9 Å². The third kappa shape index (κ3) is 3.04. The number of esters is 1. The molecule has 0 saturated carbocycles. The number of piperazine rings is 1. The standard InChI is InChI=1S/C14H19FN2O2/c1-3-19-14(18)12-8-11(4-5-13(12)15)17-7-6-16-9-10(17)2/h4-5,8,10,16H,3,6-7,9H2,1-2H3/t10-/m0/s1. The number of ether oxygens (including phenoxy) is 1. The molecule has 0 aromatic heterocycles. The average Bonchev–Trinajstić information content (AvgIpc) is 2.40. The quantitative estimate of drug-likeness (QED) is 0.847. The lowest BCUT2D eigenvalue weighted by Crippen LogP contribution is -2.50. The summed E-state index contributed by atoms with van der Waals surface area (Å²) < 4.78 is 18.5. The van der Waals surface area contributed by atoms with Gasteiger partial charge in [0.15, 0.2) is 0 Å². The van der Waals surface area contributed by atoms with Gasteiger partial charge in [-0.15, -0.1) is 0 Å². The van der Waals surface area contributed by atoms with Crippen molar-refractivity contribution in [1.82, 2.24) is 5.32 Å². The number of nitrogens with one attached hydrogen (secondary N) is 1. The zero-order valence-electron chi connectivity index (χ0n) is 11.3. The Morgan fingerprint density at radius 1 is 1.58 bits per heavy atom. The zero-order valence-corrected chi connectivity index (χ0v) is 11.3. The van der Waals surface area contributed by atoms with Gasteiger partial charge in [-0.1, -0.05) is 0 Å². The normalized spacial score (nSPS) is 19.3. The second-order valence-electron chi connectivity index (χ2n) is 4.63.